The van der Waals surface area contributed by atoms with Gasteiger partial charge in [0, 0.05) is 23.8 Å². The Kier molecular flexibility index (Phi) is 6.90. The van der Waals surface area contributed by atoms with Crippen LogP contribution in [0.4, 0.5) is 15.8 Å². The molecule has 1 saturated heterocycles. The number of hydrogen-bond acceptors (Lipinski definition) is 5. The largest absolute Gasteiger partial charge is 0.504 e. The molecule has 1 aliphatic rings. The second kappa shape index (κ2) is 10.2. The topological polar surface area (TPSA) is 65.5 Å². The zero-order valence-electron chi connectivity index (χ0n) is 20.0. The minimum absolute atomic E-state index is 0.0650. The number of halogens is 2. The first-order valence-corrected chi connectivity index (χ1v) is 12.5. The van der Waals surface area contributed by atoms with Crippen LogP contribution in [0.5, 0.6) is 5.75 Å². The van der Waals surface area contributed by atoms with Crippen LogP contribution < -0.4 is 5.32 Å². The van der Waals surface area contributed by atoms with Gasteiger partial charge in [0.1, 0.15) is 0 Å². The van der Waals surface area contributed by atoms with Gasteiger partial charge < -0.3 is 15.3 Å². The molecule has 7 heteroatoms. The van der Waals surface area contributed by atoms with Gasteiger partial charge in [-0.15, -0.1) is 0 Å². The van der Waals surface area contributed by atoms with Crippen molar-refractivity contribution in [3.05, 3.63) is 82.8 Å². The van der Waals surface area contributed by atoms with E-state index < -0.39 is 11.6 Å². The molecule has 5 rings (SSSR count). The van der Waals surface area contributed by atoms with Crippen LogP contribution in [0.25, 0.3) is 22.0 Å². The van der Waals surface area contributed by atoms with Crippen molar-refractivity contribution >= 4 is 39.7 Å². The molecule has 5 nitrogen and oxygen atoms in total. The Morgan fingerprint density at radius 2 is 1.92 bits per heavy atom. The number of rotatable bonds is 7. The summed E-state index contributed by atoms with van der Waals surface area (Å²) in [7, 11) is 0. The molecule has 1 aromatic heterocycles. The van der Waals surface area contributed by atoms with Crippen molar-refractivity contribution in [2.45, 2.75) is 26.2 Å². The predicted molar refractivity (Wildman–Crippen MR) is 143 cm³/mol. The van der Waals surface area contributed by atoms with Crippen LogP contribution in [-0.4, -0.2) is 40.4 Å². The Morgan fingerprint density at radius 3 is 2.67 bits per heavy atom. The number of ketones is 1. The van der Waals surface area contributed by atoms with Crippen LogP contribution >= 0.6 is 11.6 Å². The van der Waals surface area contributed by atoms with E-state index in [4.69, 9.17) is 11.6 Å². The summed E-state index contributed by atoms with van der Waals surface area (Å²) < 4.78 is 14.2. The molecule has 0 amide bonds. The van der Waals surface area contributed by atoms with Crippen molar-refractivity contribution in [2.75, 3.05) is 25.0 Å². The fourth-order valence-electron chi connectivity index (χ4n) is 4.75. The van der Waals surface area contributed by atoms with Gasteiger partial charge in [-0.05, 0) is 92.4 Å². The first kappa shape index (κ1) is 24.2. The first-order valence-electron chi connectivity index (χ1n) is 12.1. The SMILES string of the molecule is CC(=O)c1cnc2ccc(-c3cc(F)c(O)c(Cl)c3)cc2c1Nc1cccc(CCN2CCCC2)c1. The third kappa shape index (κ3) is 5.06. The molecule has 2 heterocycles. The van der Waals surface area contributed by atoms with Gasteiger partial charge in [-0.1, -0.05) is 29.8 Å². The minimum atomic E-state index is -0.794. The number of benzene rings is 3. The van der Waals surface area contributed by atoms with E-state index in [9.17, 15) is 14.3 Å². The summed E-state index contributed by atoms with van der Waals surface area (Å²) >= 11 is 6.01. The Hall–Kier alpha value is -3.48. The highest BCUT2D eigenvalue weighted by molar-refractivity contribution is 6.32. The van der Waals surface area contributed by atoms with Crippen molar-refractivity contribution in [1.29, 1.82) is 0 Å². The number of nitrogens with zero attached hydrogens (tertiary/aromatic N) is 2. The van der Waals surface area contributed by atoms with Crippen molar-refractivity contribution in [2.24, 2.45) is 0 Å². The highest BCUT2D eigenvalue weighted by Gasteiger charge is 2.16. The van der Waals surface area contributed by atoms with Gasteiger partial charge in [-0.3, -0.25) is 9.78 Å². The van der Waals surface area contributed by atoms with Crippen LogP contribution in [0.2, 0.25) is 5.02 Å². The van der Waals surface area contributed by atoms with E-state index in [-0.39, 0.29) is 10.8 Å². The maximum Gasteiger partial charge on any atom is 0.170 e. The smallest absolute Gasteiger partial charge is 0.170 e. The standard InChI is InChI=1S/C29H27ClFN3O2/c1-18(35)24-17-32-27-8-7-20(21-15-25(30)29(36)26(31)16-21)14-23(27)28(24)33-22-6-4-5-19(13-22)9-12-34-10-2-3-11-34/h4-8,13-17,36H,2-3,9-12H2,1H3,(H,32,33). The Labute approximate surface area is 214 Å². The van der Waals surface area contributed by atoms with Gasteiger partial charge in [-0.2, -0.15) is 0 Å². The van der Waals surface area contributed by atoms with Gasteiger partial charge in [0.25, 0.3) is 0 Å². The number of phenolic OH excluding ortho intramolecular Hbond substituents is 1. The summed E-state index contributed by atoms with van der Waals surface area (Å²) in [5.41, 5.74) is 5.13. The number of pyridine rings is 1. The van der Waals surface area contributed by atoms with Crippen molar-refractivity contribution in [1.82, 2.24) is 9.88 Å². The Morgan fingerprint density at radius 1 is 1.11 bits per heavy atom. The zero-order chi connectivity index (χ0) is 25.2. The van der Waals surface area contributed by atoms with E-state index in [1.165, 1.54) is 50.6 Å². The molecule has 184 valence electrons. The second-order valence-electron chi connectivity index (χ2n) is 9.25. The maximum absolute atomic E-state index is 14.2. The normalized spacial score (nSPS) is 13.9. The molecule has 1 fully saturated rings. The number of phenols is 1. The summed E-state index contributed by atoms with van der Waals surface area (Å²) in [6.45, 7) is 4.89. The lowest BCUT2D eigenvalue weighted by molar-refractivity contribution is 0.101. The summed E-state index contributed by atoms with van der Waals surface area (Å²) in [5, 5.41) is 13.8. The third-order valence-corrected chi connectivity index (χ3v) is 7.00. The van der Waals surface area contributed by atoms with Gasteiger partial charge in [-0.25, -0.2) is 4.39 Å². The highest BCUT2D eigenvalue weighted by Crippen LogP contribution is 2.36. The van der Waals surface area contributed by atoms with E-state index in [0.29, 0.717) is 27.9 Å². The highest BCUT2D eigenvalue weighted by atomic mass is 35.5. The average molecular weight is 504 g/mol. The quantitative estimate of drug-likeness (QED) is 0.266. The molecule has 0 spiro atoms. The van der Waals surface area contributed by atoms with Crippen LogP contribution in [0.3, 0.4) is 0 Å². The molecule has 3 aromatic carbocycles. The molecule has 0 radical (unpaired) electrons. The maximum atomic E-state index is 14.2. The van der Waals surface area contributed by atoms with E-state index >= 15 is 0 Å². The van der Waals surface area contributed by atoms with Gasteiger partial charge in [0.2, 0.25) is 0 Å². The molecule has 36 heavy (non-hydrogen) atoms. The summed E-state index contributed by atoms with van der Waals surface area (Å²) in [5.74, 6) is -1.48. The average Bonchev–Trinajstić information content (AvgIpc) is 3.39. The number of anilines is 2. The number of carbonyl (C=O) groups excluding carboxylic acids is 1. The van der Waals surface area contributed by atoms with E-state index in [2.05, 4.69) is 27.3 Å². The van der Waals surface area contributed by atoms with Crippen LogP contribution in [0, 0.1) is 5.82 Å². The van der Waals surface area contributed by atoms with E-state index in [1.54, 1.807) is 6.20 Å². The summed E-state index contributed by atoms with van der Waals surface area (Å²) in [4.78, 5) is 19.5. The van der Waals surface area contributed by atoms with Gasteiger partial charge in [0.15, 0.2) is 17.3 Å². The summed E-state index contributed by atoms with van der Waals surface area (Å²) in [6, 6.07) is 16.5. The van der Waals surface area contributed by atoms with Crippen molar-refractivity contribution in [3.63, 3.8) is 0 Å². The molecule has 1 aliphatic heterocycles. The lowest BCUT2D eigenvalue weighted by Crippen LogP contribution is -2.21. The first-order chi connectivity index (χ1) is 17.4. The fraction of sp³-hybridized carbons (Fsp3) is 0.241. The second-order valence-corrected chi connectivity index (χ2v) is 9.65. The number of Topliss-reactive ketones (excluding diaryl/α,β-unsaturated/α-hetero) is 1. The number of nitrogens with one attached hydrogen (secondary N) is 1. The third-order valence-electron chi connectivity index (χ3n) is 6.71. The number of fused-ring (bicyclic) bond motifs is 1. The van der Waals surface area contributed by atoms with Crippen molar-refractivity contribution in [3.8, 4) is 16.9 Å². The van der Waals surface area contributed by atoms with Crippen LogP contribution in [0.15, 0.2) is 60.8 Å². The predicted octanol–water partition coefficient (Wildman–Crippen LogP) is 6.98. The zero-order valence-corrected chi connectivity index (χ0v) is 20.8. The molecular weight excluding hydrogens is 477 g/mol. The lowest BCUT2D eigenvalue weighted by atomic mass is 9.99. The number of likely N-dealkylation sites (tertiary alicyclic amines) is 1. The minimum Gasteiger partial charge on any atom is -0.504 e. The molecular formula is C29H27ClFN3O2. The molecule has 0 unspecified atom stereocenters. The van der Waals surface area contributed by atoms with Crippen LogP contribution in [0.1, 0.15) is 35.7 Å². The molecule has 0 bridgehead atoms. The van der Waals surface area contributed by atoms with Crippen molar-refractivity contribution < 1.29 is 14.3 Å². The van der Waals surface area contributed by atoms with Gasteiger partial charge in [0.05, 0.1) is 21.8 Å². The molecule has 0 atom stereocenters. The molecule has 0 saturated carbocycles. The van der Waals surface area contributed by atoms with E-state index in [0.717, 1.165) is 24.0 Å². The Bertz CT molecular complexity index is 1430. The monoisotopic (exact) mass is 503 g/mol. The summed E-state index contributed by atoms with van der Waals surface area (Å²) in [6.07, 6.45) is 5.09. The Balaban J connectivity index is 1.53. The number of hydrogen-bond donors (Lipinski definition) is 2. The van der Waals surface area contributed by atoms with E-state index in [1.807, 2.05) is 30.3 Å². The number of aromatic hydroxyl groups is 1. The number of aromatic nitrogens is 1. The van der Waals surface area contributed by atoms with Gasteiger partial charge >= 0.3 is 0 Å². The lowest BCUT2D eigenvalue weighted by Gasteiger charge is -2.17. The fourth-order valence-corrected chi connectivity index (χ4v) is 4.96. The molecule has 2 N–H and O–H groups in total. The van der Waals surface area contributed by atoms with Crippen LogP contribution in [-0.2, 0) is 6.42 Å². The number of carbonyl (C=O) groups is 1. The molecule has 0 aliphatic carbocycles. The molecule has 4 aromatic rings.